The van der Waals surface area contributed by atoms with Crippen molar-refractivity contribution in [1.29, 1.82) is 0 Å². The van der Waals surface area contributed by atoms with E-state index < -0.39 is 5.97 Å². The molecule has 0 aromatic heterocycles. The molecule has 0 aliphatic heterocycles. The molecule has 1 aliphatic carbocycles. The van der Waals surface area contributed by atoms with Gasteiger partial charge in [0.15, 0.2) is 0 Å². The second kappa shape index (κ2) is 3.80. The molecule has 0 atom stereocenters. The van der Waals surface area contributed by atoms with Crippen LogP contribution in [-0.2, 0) is 17.7 Å². The summed E-state index contributed by atoms with van der Waals surface area (Å²) in [5, 5.41) is 0. The summed E-state index contributed by atoms with van der Waals surface area (Å²) in [6.07, 6.45) is 4.62. The van der Waals surface area contributed by atoms with Crippen LogP contribution in [0.3, 0.4) is 0 Å². The third kappa shape index (κ3) is 1.63. The van der Waals surface area contributed by atoms with Gasteiger partial charge in [-0.2, -0.15) is 5.90 Å². The monoisotopic (exact) mass is 191 g/mol. The molecule has 14 heavy (non-hydrogen) atoms. The van der Waals surface area contributed by atoms with Crippen molar-refractivity contribution in [3.63, 3.8) is 0 Å². The van der Waals surface area contributed by atoms with Crippen LogP contribution in [-0.4, -0.2) is 5.97 Å². The number of rotatable bonds is 1. The first-order chi connectivity index (χ1) is 6.81. The molecular formula is C11H13NO2. The van der Waals surface area contributed by atoms with Crippen LogP contribution < -0.4 is 5.90 Å². The summed E-state index contributed by atoms with van der Waals surface area (Å²) in [6.45, 7) is 0. The third-order valence-corrected chi connectivity index (χ3v) is 2.69. The zero-order chi connectivity index (χ0) is 9.97. The summed E-state index contributed by atoms with van der Waals surface area (Å²) in [5.41, 5.74) is 3.16. The summed E-state index contributed by atoms with van der Waals surface area (Å²) in [7, 11) is 0. The molecule has 0 saturated carbocycles. The Morgan fingerprint density at radius 1 is 1.21 bits per heavy atom. The van der Waals surface area contributed by atoms with Crippen molar-refractivity contribution in [2.24, 2.45) is 5.90 Å². The van der Waals surface area contributed by atoms with Gasteiger partial charge in [0.2, 0.25) is 0 Å². The molecule has 1 aliphatic rings. The molecule has 0 radical (unpaired) electrons. The highest BCUT2D eigenvalue weighted by Gasteiger charge is 2.12. The van der Waals surface area contributed by atoms with Gasteiger partial charge in [-0.3, -0.25) is 0 Å². The van der Waals surface area contributed by atoms with Crippen molar-refractivity contribution in [3.8, 4) is 0 Å². The van der Waals surface area contributed by atoms with Crippen LogP contribution in [0, 0.1) is 0 Å². The summed E-state index contributed by atoms with van der Waals surface area (Å²) in [6, 6.07) is 5.67. The largest absolute Gasteiger partial charge is 0.370 e. The van der Waals surface area contributed by atoms with Gasteiger partial charge in [0, 0.05) is 0 Å². The van der Waals surface area contributed by atoms with Crippen molar-refractivity contribution in [1.82, 2.24) is 0 Å². The van der Waals surface area contributed by atoms with Gasteiger partial charge >= 0.3 is 5.97 Å². The van der Waals surface area contributed by atoms with Crippen LogP contribution in [0.25, 0.3) is 0 Å². The van der Waals surface area contributed by atoms with Gasteiger partial charge in [0.25, 0.3) is 0 Å². The Balaban J connectivity index is 2.33. The zero-order valence-corrected chi connectivity index (χ0v) is 7.95. The van der Waals surface area contributed by atoms with Crippen LogP contribution in [0.5, 0.6) is 0 Å². The SMILES string of the molecule is NOC(=O)c1ccc2c(c1)CCCC2. The molecule has 0 amide bonds. The van der Waals surface area contributed by atoms with Gasteiger partial charge in [0.1, 0.15) is 0 Å². The van der Waals surface area contributed by atoms with Crippen molar-refractivity contribution in [3.05, 3.63) is 34.9 Å². The van der Waals surface area contributed by atoms with E-state index in [1.807, 2.05) is 12.1 Å². The van der Waals surface area contributed by atoms with E-state index in [0.29, 0.717) is 5.56 Å². The van der Waals surface area contributed by atoms with Crippen LogP contribution in [0.4, 0.5) is 0 Å². The Labute approximate surface area is 82.8 Å². The fraction of sp³-hybridized carbons (Fsp3) is 0.364. The van der Waals surface area contributed by atoms with Crippen molar-refractivity contribution in [2.45, 2.75) is 25.7 Å². The van der Waals surface area contributed by atoms with Crippen LogP contribution >= 0.6 is 0 Å². The van der Waals surface area contributed by atoms with Crippen LogP contribution in [0.15, 0.2) is 18.2 Å². The first-order valence-corrected chi connectivity index (χ1v) is 4.84. The fourth-order valence-electron chi connectivity index (χ4n) is 1.93. The fourth-order valence-corrected chi connectivity index (χ4v) is 1.93. The molecule has 3 heteroatoms. The highest BCUT2D eigenvalue weighted by atomic mass is 16.7. The maximum absolute atomic E-state index is 11.2. The number of hydrogen-bond acceptors (Lipinski definition) is 3. The van der Waals surface area contributed by atoms with Crippen molar-refractivity contribution in [2.75, 3.05) is 0 Å². The first kappa shape index (κ1) is 9.21. The molecule has 0 saturated heterocycles. The molecule has 2 rings (SSSR count). The minimum atomic E-state index is -0.460. The molecule has 74 valence electrons. The van der Waals surface area contributed by atoms with E-state index in [1.165, 1.54) is 24.0 Å². The molecular weight excluding hydrogens is 178 g/mol. The van der Waals surface area contributed by atoms with Crippen LogP contribution in [0.2, 0.25) is 0 Å². The molecule has 0 heterocycles. The molecule has 1 aromatic rings. The number of nitrogens with two attached hydrogens (primary N) is 1. The predicted molar refractivity (Wildman–Crippen MR) is 52.7 cm³/mol. The molecule has 0 unspecified atom stereocenters. The molecule has 2 N–H and O–H groups in total. The van der Waals surface area contributed by atoms with E-state index in [-0.39, 0.29) is 0 Å². The van der Waals surface area contributed by atoms with E-state index in [1.54, 1.807) is 6.07 Å². The first-order valence-electron chi connectivity index (χ1n) is 4.84. The van der Waals surface area contributed by atoms with E-state index in [9.17, 15) is 4.79 Å². The van der Waals surface area contributed by atoms with Crippen molar-refractivity contribution < 1.29 is 9.63 Å². The topological polar surface area (TPSA) is 52.3 Å². The highest BCUT2D eigenvalue weighted by molar-refractivity contribution is 5.89. The standard InChI is InChI=1S/C11H13NO2/c12-14-11(13)10-6-5-8-3-1-2-4-9(8)7-10/h5-7H,1-4,12H2. The Hall–Kier alpha value is -1.35. The molecule has 0 bridgehead atoms. The molecule has 1 aromatic carbocycles. The summed E-state index contributed by atoms with van der Waals surface area (Å²) in [4.78, 5) is 15.3. The Morgan fingerprint density at radius 3 is 2.64 bits per heavy atom. The zero-order valence-electron chi connectivity index (χ0n) is 7.95. The van der Waals surface area contributed by atoms with Gasteiger partial charge in [0.05, 0.1) is 5.56 Å². The Morgan fingerprint density at radius 2 is 1.93 bits per heavy atom. The minimum absolute atomic E-state index is 0.460. The number of hydrogen-bond donors (Lipinski definition) is 1. The number of fused-ring (bicyclic) bond motifs is 1. The number of aryl methyl sites for hydroxylation is 2. The minimum Gasteiger partial charge on any atom is -0.370 e. The molecule has 0 spiro atoms. The Kier molecular flexibility index (Phi) is 2.50. The quantitative estimate of drug-likeness (QED) is 0.686. The second-order valence-corrected chi connectivity index (χ2v) is 3.60. The smallest absolute Gasteiger partial charge is 0.356 e. The van der Waals surface area contributed by atoms with E-state index >= 15 is 0 Å². The van der Waals surface area contributed by atoms with Gasteiger partial charge < -0.3 is 4.84 Å². The van der Waals surface area contributed by atoms with E-state index in [2.05, 4.69) is 4.84 Å². The van der Waals surface area contributed by atoms with Gasteiger partial charge in [-0.05, 0) is 48.9 Å². The van der Waals surface area contributed by atoms with E-state index in [4.69, 9.17) is 5.90 Å². The van der Waals surface area contributed by atoms with Crippen LogP contribution in [0.1, 0.15) is 34.3 Å². The highest BCUT2D eigenvalue weighted by Crippen LogP contribution is 2.22. The third-order valence-electron chi connectivity index (χ3n) is 2.69. The van der Waals surface area contributed by atoms with Crippen molar-refractivity contribution >= 4 is 5.97 Å². The molecule has 3 nitrogen and oxygen atoms in total. The lowest BCUT2D eigenvalue weighted by Crippen LogP contribution is -2.12. The maximum atomic E-state index is 11.2. The number of carbonyl (C=O) groups excluding carboxylic acids is 1. The summed E-state index contributed by atoms with van der Waals surface area (Å²) in [5.74, 6) is 4.37. The normalized spacial score (nSPS) is 14.6. The van der Waals surface area contributed by atoms with Gasteiger partial charge in [-0.1, -0.05) is 6.07 Å². The summed E-state index contributed by atoms with van der Waals surface area (Å²) >= 11 is 0. The lowest BCUT2D eigenvalue weighted by Gasteiger charge is -2.15. The number of carbonyl (C=O) groups is 1. The number of benzene rings is 1. The molecule has 0 fully saturated rings. The summed E-state index contributed by atoms with van der Waals surface area (Å²) < 4.78 is 0. The van der Waals surface area contributed by atoms with Gasteiger partial charge in [-0.15, -0.1) is 0 Å². The lowest BCUT2D eigenvalue weighted by molar-refractivity contribution is 0.0503. The predicted octanol–water partition coefficient (Wildman–Crippen LogP) is 1.60. The average Bonchev–Trinajstić information content (AvgIpc) is 2.27. The average molecular weight is 191 g/mol. The maximum Gasteiger partial charge on any atom is 0.356 e. The van der Waals surface area contributed by atoms with Gasteiger partial charge in [-0.25, -0.2) is 4.79 Å². The van der Waals surface area contributed by atoms with E-state index in [0.717, 1.165) is 12.8 Å². The Bertz CT molecular complexity index is 360. The second-order valence-electron chi connectivity index (χ2n) is 3.60. The lowest BCUT2D eigenvalue weighted by atomic mass is 9.90.